The lowest BCUT2D eigenvalue weighted by Crippen LogP contribution is -2.45. The molecule has 5 nitrogen and oxygen atoms in total. The molecule has 30 heavy (non-hydrogen) atoms. The van der Waals surface area contributed by atoms with Gasteiger partial charge in [0.05, 0.1) is 16.9 Å². The van der Waals surface area contributed by atoms with E-state index >= 15 is 0 Å². The third kappa shape index (κ3) is 4.44. The number of sulfonamides is 1. The van der Waals surface area contributed by atoms with Crippen LogP contribution in [0.4, 0.5) is 0 Å². The van der Waals surface area contributed by atoms with Crippen molar-refractivity contribution in [1.82, 2.24) is 9.62 Å². The predicted octanol–water partition coefficient (Wildman–Crippen LogP) is 3.84. The van der Waals surface area contributed by atoms with Crippen LogP contribution in [0.5, 0.6) is 0 Å². The highest BCUT2D eigenvalue weighted by molar-refractivity contribution is 7.89. The minimum Gasteiger partial charge on any atom is -0.349 e. The molecule has 160 valence electrons. The van der Waals surface area contributed by atoms with E-state index in [4.69, 9.17) is 0 Å². The number of carbonyl (C=O) groups is 1. The minimum absolute atomic E-state index is 0.0619. The highest BCUT2D eigenvalue weighted by atomic mass is 32.2. The molecule has 1 saturated heterocycles. The van der Waals surface area contributed by atoms with Crippen LogP contribution < -0.4 is 5.32 Å². The zero-order valence-corrected chi connectivity index (χ0v) is 18.3. The van der Waals surface area contributed by atoms with Gasteiger partial charge >= 0.3 is 0 Å². The van der Waals surface area contributed by atoms with Crippen LogP contribution in [0.2, 0.25) is 0 Å². The number of piperidine rings is 1. The van der Waals surface area contributed by atoms with Crippen molar-refractivity contribution in [2.75, 3.05) is 13.1 Å². The van der Waals surface area contributed by atoms with Crippen molar-refractivity contribution in [3.05, 3.63) is 65.2 Å². The fourth-order valence-corrected chi connectivity index (χ4v) is 6.10. The molecule has 2 aromatic rings. The quantitative estimate of drug-likeness (QED) is 0.790. The Morgan fingerprint density at radius 1 is 1.03 bits per heavy atom. The maximum absolute atomic E-state index is 12.9. The molecule has 1 aliphatic heterocycles. The van der Waals surface area contributed by atoms with E-state index in [2.05, 4.69) is 23.5 Å². The van der Waals surface area contributed by atoms with Crippen molar-refractivity contribution in [2.24, 2.45) is 5.92 Å². The lowest BCUT2D eigenvalue weighted by Gasteiger charge is -2.32. The first-order chi connectivity index (χ1) is 14.4. The summed E-state index contributed by atoms with van der Waals surface area (Å²) >= 11 is 0. The van der Waals surface area contributed by atoms with Crippen LogP contribution >= 0.6 is 0 Å². The third-order valence-electron chi connectivity index (χ3n) is 6.37. The second-order valence-electron chi connectivity index (χ2n) is 8.48. The molecule has 2 atom stereocenters. The maximum atomic E-state index is 12.9. The van der Waals surface area contributed by atoms with E-state index in [9.17, 15) is 13.2 Å². The number of aryl methyl sites for hydroxylation is 2. The molecule has 1 aliphatic carbocycles. The van der Waals surface area contributed by atoms with Crippen LogP contribution in [-0.4, -0.2) is 31.7 Å². The zero-order valence-electron chi connectivity index (χ0n) is 17.5. The number of hydrogen-bond donors (Lipinski definition) is 1. The van der Waals surface area contributed by atoms with Crippen LogP contribution in [0.3, 0.4) is 0 Å². The molecule has 1 fully saturated rings. The summed E-state index contributed by atoms with van der Waals surface area (Å²) in [7, 11) is -3.57. The van der Waals surface area contributed by atoms with Gasteiger partial charge in [0, 0.05) is 13.1 Å². The largest absolute Gasteiger partial charge is 0.349 e. The predicted molar refractivity (Wildman–Crippen MR) is 118 cm³/mol. The molecule has 1 amide bonds. The smallest absolute Gasteiger partial charge is 0.243 e. The van der Waals surface area contributed by atoms with Gasteiger partial charge in [0.15, 0.2) is 0 Å². The van der Waals surface area contributed by atoms with Gasteiger partial charge in [-0.1, -0.05) is 36.4 Å². The number of fused-ring (bicyclic) bond motifs is 1. The molecule has 0 spiro atoms. The van der Waals surface area contributed by atoms with Gasteiger partial charge in [0.25, 0.3) is 0 Å². The Kier molecular flexibility index (Phi) is 6.25. The summed E-state index contributed by atoms with van der Waals surface area (Å²) in [4.78, 5) is 13.2. The van der Waals surface area contributed by atoms with Crippen LogP contribution in [0.15, 0.2) is 53.4 Å². The first-order valence-electron chi connectivity index (χ1n) is 10.9. The van der Waals surface area contributed by atoms with Gasteiger partial charge < -0.3 is 5.32 Å². The molecule has 0 unspecified atom stereocenters. The highest BCUT2D eigenvalue weighted by Gasteiger charge is 2.33. The van der Waals surface area contributed by atoms with Gasteiger partial charge in [-0.25, -0.2) is 8.42 Å². The number of nitrogens with zero attached hydrogens (tertiary/aromatic N) is 1. The highest BCUT2D eigenvalue weighted by Crippen LogP contribution is 2.27. The molecular weight excluding hydrogens is 396 g/mol. The zero-order chi connectivity index (χ0) is 21.1. The second kappa shape index (κ2) is 8.90. The first kappa shape index (κ1) is 21.1. The van der Waals surface area contributed by atoms with Crippen LogP contribution in [-0.2, 0) is 27.7 Å². The van der Waals surface area contributed by atoms with Crippen molar-refractivity contribution in [2.45, 2.75) is 56.4 Å². The molecule has 0 saturated carbocycles. The molecule has 2 aliphatic rings. The summed E-state index contributed by atoms with van der Waals surface area (Å²) < 4.78 is 27.3. The van der Waals surface area contributed by atoms with Gasteiger partial charge in [-0.2, -0.15) is 4.31 Å². The standard InChI is InChI=1S/C24H30N2O3S/c1-18(20-14-13-19-8-5-6-9-21(19)16-20)25-24(27)22-10-7-15-26(17-22)30(28,29)23-11-3-2-4-12-23/h2-4,11-14,16,18,22H,5-10,15,17H2,1H3,(H,25,27)/t18-,22+/m0/s1. The van der Waals surface area contributed by atoms with Crippen LogP contribution in [0.1, 0.15) is 55.3 Å². The molecule has 2 aromatic carbocycles. The van der Waals surface area contributed by atoms with Gasteiger partial charge in [0.1, 0.15) is 0 Å². The van der Waals surface area contributed by atoms with Crippen molar-refractivity contribution in [3.63, 3.8) is 0 Å². The maximum Gasteiger partial charge on any atom is 0.243 e. The summed E-state index contributed by atoms with van der Waals surface area (Å²) in [5.41, 5.74) is 3.95. The van der Waals surface area contributed by atoms with Gasteiger partial charge in [-0.15, -0.1) is 0 Å². The number of rotatable bonds is 5. The van der Waals surface area contributed by atoms with Gasteiger partial charge in [0.2, 0.25) is 15.9 Å². The number of hydrogen-bond acceptors (Lipinski definition) is 3. The van der Waals surface area contributed by atoms with E-state index in [1.54, 1.807) is 30.3 Å². The van der Waals surface area contributed by atoms with E-state index < -0.39 is 10.0 Å². The summed E-state index contributed by atoms with van der Waals surface area (Å²) in [5.74, 6) is -0.384. The van der Waals surface area contributed by atoms with E-state index in [0.29, 0.717) is 19.4 Å². The van der Waals surface area contributed by atoms with Crippen molar-refractivity contribution >= 4 is 15.9 Å². The van der Waals surface area contributed by atoms with E-state index in [0.717, 1.165) is 18.4 Å². The molecule has 1 N–H and O–H groups in total. The fraction of sp³-hybridized carbons (Fsp3) is 0.458. The first-order valence-corrected chi connectivity index (χ1v) is 12.4. The molecule has 6 heteroatoms. The number of carbonyl (C=O) groups excluding carboxylic acids is 1. The SMILES string of the molecule is C[C@H](NC(=O)[C@@H]1CCCN(S(=O)(=O)c2ccccc2)C1)c1ccc2c(c1)CCCC2. The Balaban J connectivity index is 1.42. The Hall–Kier alpha value is -2.18. The van der Waals surface area contributed by atoms with E-state index in [1.807, 2.05) is 6.92 Å². The summed E-state index contributed by atoms with van der Waals surface area (Å²) in [5, 5.41) is 3.12. The lowest BCUT2D eigenvalue weighted by atomic mass is 9.89. The van der Waals surface area contributed by atoms with Crippen LogP contribution in [0.25, 0.3) is 0 Å². The fourth-order valence-electron chi connectivity index (χ4n) is 4.55. The summed E-state index contributed by atoms with van der Waals surface area (Å²) in [6.07, 6.45) is 6.14. The minimum atomic E-state index is -3.57. The van der Waals surface area contributed by atoms with Gasteiger partial charge in [-0.05, 0) is 74.3 Å². The number of benzene rings is 2. The van der Waals surface area contributed by atoms with Crippen molar-refractivity contribution in [3.8, 4) is 0 Å². The Labute approximate surface area is 179 Å². The Bertz CT molecular complexity index is 1000. The summed E-state index contributed by atoms with van der Waals surface area (Å²) in [6, 6.07) is 14.9. The molecule has 1 heterocycles. The molecule has 0 radical (unpaired) electrons. The monoisotopic (exact) mass is 426 g/mol. The van der Waals surface area contributed by atoms with E-state index in [-0.39, 0.29) is 29.3 Å². The average molecular weight is 427 g/mol. The molecule has 0 aromatic heterocycles. The molecular formula is C24H30N2O3S. The van der Waals surface area contributed by atoms with Crippen molar-refractivity contribution in [1.29, 1.82) is 0 Å². The lowest BCUT2D eigenvalue weighted by molar-refractivity contribution is -0.126. The molecule has 0 bridgehead atoms. The second-order valence-corrected chi connectivity index (χ2v) is 10.4. The van der Waals surface area contributed by atoms with Gasteiger partial charge in [-0.3, -0.25) is 4.79 Å². The van der Waals surface area contributed by atoms with Crippen molar-refractivity contribution < 1.29 is 13.2 Å². The third-order valence-corrected chi connectivity index (χ3v) is 8.25. The number of nitrogens with one attached hydrogen (secondary N) is 1. The normalized spacial score (nSPS) is 20.9. The number of amides is 1. The Morgan fingerprint density at radius 2 is 1.77 bits per heavy atom. The topological polar surface area (TPSA) is 66.5 Å². The average Bonchev–Trinajstić information content (AvgIpc) is 2.79. The van der Waals surface area contributed by atoms with Crippen LogP contribution in [0, 0.1) is 5.92 Å². The van der Waals surface area contributed by atoms with E-state index in [1.165, 1.54) is 28.3 Å². The summed E-state index contributed by atoms with van der Waals surface area (Å²) in [6.45, 7) is 2.70. The Morgan fingerprint density at radius 3 is 2.53 bits per heavy atom. The molecule has 4 rings (SSSR count).